The molecular weight excluding hydrogens is 452 g/mol. The van der Waals surface area contributed by atoms with Gasteiger partial charge in [-0.05, 0) is 76.9 Å². The number of hydrogen-bond acceptors (Lipinski definition) is 3. The van der Waals surface area contributed by atoms with Crippen LogP contribution < -0.4 is 4.74 Å². The van der Waals surface area contributed by atoms with E-state index in [0.717, 1.165) is 17.5 Å². The molecule has 2 aliphatic rings. The number of aliphatic carboxylic acids is 1. The van der Waals surface area contributed by atoms with Crippen LogP contribution in [0.15, 0.2) is 54.6 Å². The Kier molecular flexibility index (Phi) is 6.01. The molecular formula is C28H25F2NO4. The van der Waals surface area contributed by atoms with Gasteiger partial charge in [0.25, 0.3) is 0 Å². The van der Waals surface area contributed by atoms with E-state index in [0.29, 0.717) is 41.0 Å². The smallest absolute Gasteiger partial charge is 0.307 e. The minimum atomic E-state index is -0.945. The van der Waals surface area contributed by atoms with Crippen LogP contribution >= 0.6 is 0 Å². The van der Waals surface area contributed by atoms with Crippen molar-refractivity contribution in [2.45, 2.75) is 31.7 Å². The van der Waals surface area contributed by atoms with Crippen molar-refractivity contribution in [2.24, 2.45) is 5.92 Å². The van der Waals surface area contributed by atoms with Gasteiger partial charge in [-0.15, -0.1) is 0 Å². The number of benzene rings is 3. The molecule has 1 aliphatic heterocycles. The maximum absolute atomic E-state index is 14.8. The second-order valence-electron chi connectivity index (χ2n) is 9.17. The summed E-state index contributed by atoms with van der Waals surface area (Å²) >= 11 is 0. The van der Waals surface area contributed by atoms with Crippen LogP contribution in [-0.4, -0.2) is 35.5 Å². The zero-order chi connectivity index (χ0) is 24.7. The fourth-order valence-electron chi connectivity index (χ4n) is 5.10. The monoisotopic (exact) mass is 477 g/mol. The third kappa shape index (κ3) is 4.50. The van der Waals surface area contributed by atoms with Crippen LogP contribution in [-0.2, 0) is 29.0 Å². The quantitative estimate of drug-likeness (QED) is 0.545. The summed E-state index contributed by atoms with van der Waals surface area (Å²) in [6.45, 7) is 0.690. The van der Waals surface area contributed by atoms with Gasteiger partial charge in [0.15, 0.2) is 0 Å². The summed E-state index contributed by atoms with van der Waals surface area (Å²) in [5.74, 6) is -1.08. The Morgan fingerprint density at radius 2 is 1.80 bits per heavy atom. The van der Waals surface area contributed by atoms with Gasteiger partial charge < -0.3 is 14.7 Å². The number of carbonyl (C=O) groups is 2. The Balaban J connectivity index is 1.44. The summed E-state index contributed by atoms with van der Waals surface area (Å²) in [5, 5.41) is 9.21. The molecule has 1 saturated carbocycles. The molecule has 0 aromatic heterocycles. The van der Waals surface area contributed by atoms with Crippen LogP contribution in [0.25, 0.3) is 11.1 Å². The van der Waals surface area contributed by atoms with Crippen molar-refractivity contribution in [3.63, 3.8) is 0 Å². The van der Waals surface area contributed by atoms with E-state index in [2.05, 4.69) is 0 Å². The van der Waals surface area contributed by atoms with E-state index < -0.39 is 5.97 Å². The maximum atomic E-state index is 14.8. The summed E-state index contributed by atoms with van der Waals surface area (Å²) in [5.41, 5.74) is 4.25. The van der Waals surface area contributed by atoms with Crippen LogP contribution in [0.3, 0.4) is 0 Å². The van der Waals surface area contributed by atoms with E-state index >= 15 is 0 Å². The van der Waals surface area contributed by atoms with E-state index in [-0.39, 0.29) is 42.3 Å². The SMILES string of the molecule is COc1ccc(CC(=O)O)cc1-c1ccc(F)c2c1CN(C(=O)C1CC1c1ccc(F)cc1)CC2. The minimum absolute atomic E-state index is 0.0202. The van der Waals surface area contributed by atoms with Gasteiger partial charge in [0.2, 0.25) is 5.91 Å². The van der Waals surface area contributed by atoms with E-state index in [9.17, 15) is 23.5 Å². The lowest BCUT2D eigenvalue weighted by atomic mass is 9.89. The zero-order valence-electron chi connectivity index (χ0n) is 19.3. The molecule has 7 heteroatoms. The van der Waals surface area contributed by atoms with Crippen molar-refractivity contribution >= 4 is 11.9 Å². The number of hydrogen-bond donors (Lipinski definition) is 1. The number of fused-ring (bicyclic) bond motifs is 1. The largest absolute Gasteiger partial charge is 0.496 e. The first-order valence-electron chi connectivity index (χ1n) is 11.6. The number of halogens is 2. The zero-order valence-corrected chi connectivity index (χ0v) is 19.3. The average molecular weight is 478 g/mol. The molecule has 1 fully saturated rings. The Morgan fingerprint density at radius 3 is 2.51 bits per heavy atom. The molecule has 0 radical (unpaired) electrons. The van der Waals surface area contributed by atoms with Gasteiger partial charge in [0, 0.05) is 24.6 Å². The van der Waals surface area contributed by atoms with Crippen LogP contribution in [0.2, 0.25) is 0 Å². The fraction of sp³-hybridized carbons (Fsp3) is 0.286. The molecule has 1 aliphatic carbocycles. The lowest BCUT2D eigenvalue weighted by Gasteiger charge is -2.31. The number of amides is 1. The lowest BCUT2D eigenvalue weighted by Crippen LogP contribution is -2.37. The van der Waals surface area contributed by atoms with Gasteiger partial charge in [-0.2, -0.15) is 0 Å². The number of ether oxygens (including phenoxy) is 1. The molecule has 180 valence electrons. The van der Waals surface area contributed by atoms with Gasteiger partial charge in [-0.1, -0.05) is 24.3 Å². The van der Waals surface area contributed by atoms with E-state index in [1.54, 1.807) is 41.3 Å². The van der Waals surface area contributed by atoms with Crippen LogP contribution in [0.4, 0.5) is 8.78 Å². The molecule has 2 unspecified atom stereocenters. The highest BCUT2D eigenvalue weighted by atomic mass is 19.1. The molecule has 3 aromatic carbocycles. The van der Waals surface area contributed by atoms with Crippen LogP contribution in [0.5, 0.6) is 5.75 Å². The van der Waals surface area contributed by atoms with E-state index in [1.807, 2.05) is 0 Å². The minimum Gasteiger partial charge on any atom is -0.496 e. The highest BCUT2D eigenvalue weighted by molar-refractivity contribution is 5.84. The van der Waals surface area contributed by atoms with Gasteiger partial charge in [-0.25, -0.2) is 8.78 Å². The maximum Gasteiger partial charge on any atom is 0.307 e. The summed E-state index contributed by atoms with van der Waals surface area (Å²) in [4.78, 5) is 26.3. The molecule has 1 heterocycles. The van der Waals surface area contributed by atoms with E-state index in [1.165, 1.54) is 25.3 Å². The summed E-state index contributed by atoms with van der Waals surface area (Å²) in [6.07, 6.45) is 0.970. The summed E-state index contributed by atoms with van der Waals surface area (Å²) in [6, 6.07) is 14.5. The van der Waals surface area contributed by atoms with Crippen molar-refractivity contribution in [2.75, 3.05) is 13.7 Å². The Morgan fingerprint density at radius 1 is 1.03 bits per heavy atom. The molecule has 5 rings (SSSR count). The Labute approximate surface area is 202 Å². The van der Waals surface area contributed by atoms with Crippen LogP contribution in [0.1, 0.15) is 34.6 Å². The van der Waals surface area contributed by atoms with Crippen LogP contribution in [0, 0.1) is 17.6 Å². The predicted octanol–water partition coefficient (Wildman–Crippen LogP) is 4.96. The molecule has 5 nitrogen and oxygen atoms in total. The van der Waals surface area contributed by atoms with Gasteiger partial charge in [-0.3, -0.25) is 9.59 Å². The predicted molar refractivity (Wildman–Crippen MR) is 126 cm³/mol. The highest BCUT2D eigenvalue weighted by Gasteiger charge is 2.46. The first-order valence-corrected chi connectivity index (χ1v) is 11.6. The highest BCUT2D eigenvalue weighted by Crippen LogP contribution is 2.49. The first-order chi connectivity index (χ1) is 16.9. The third-order valence-electron chi connectivity index (χ3n) is 6.98. The first kappa shape index (κ1) is 23.0. The molecule has 35 heavy (non-hydrogen) atoms. The third-order valence-corrected chi connectivity index (χ3v) is 6.98. The van der Waals surface area contributed by atoms with Crippen molar-refractivity contribution < 1.29 is 28.2 Å². The molecule has 2 atom stereocenters. The molecule has 1 N–H and O–H groups in total. The number of methoxy groups -OCH3 is 1. The number of carbonyl (C=O) groups excluding carboxylic acids is 1. The Hall–Kier alpha value is -3.74. The number of nitrogens with zero attached hydrogens (tertiary/aromatic N) is 1. The van der Waals surface area contributed by atoms with E-state index in [4.69, 9.17) is 4.74 Å². The van der Waals surface area contributed by atoms with Gasteiger partial charge in [0.1, 0.15) is 17.4 Å². The van der Waals surface area contributed by atoms with Gasteiger partial charge >= 0.3 is 5.97 Å². The number of rotatable bonds is 6. The fourth-order valence-corrected chi connectivity index (χ4v) is 5.10. The molecule has 0 bridgehead atoms. The standard InChI is InChI=1S/C28H25F2NO4/c1-35-26-9-2-16(13-27(32)33)12-22(26)19-7-8-25(30)20-10-11-31(15-24(19)20)28(34)23-14-21(23)17-3-5-18(29)6-4-17/h2-9,12,21,23H,10-11,13-15H2,1H3,(H,32,33). The second-order valence-corrected chi connectivity index (χ2v) is 9.17. The van der Waals surface area contributed by atoms with Crippen molar-refractivity contribution in [1.82, 2.24) is 4.90 Å². The number of carboxylic acids is 1. The normalized spacial score (nSPS) is 18.7. The Bertz CT molecular complexity index is 1310. The topological polar surface area (TPSA) is 66.8 Å². The molecule has 0 spiro atoms. The molecule has 0 saturated heterocycles. The van der Waals surface area contributed by atoms with Crippen molar-refractivity contribution in [3.05, 3.63) is 88.5 Å². The molecule has 1 amide bonds. The number of carboxylic acid groups (broad SMARTS) is 1. The lowest BCUT2D eigenvalue weighted by molar-refractivity contribution is -0.136. The van der Waals surface area contributed by atoms with Crippen molar-refractivity contribution in [3.8, 4) is 16.9 Å². The average Bonchev–Trinajstić information content (AvgIpc) is 3.65. The van der Waals surface area contributed by atoms with Gasteiger partial charge in [0.05, 0.1) is 13.5 Å². The summed E-state index contributed by atoms with van der Waals surface area (Å²) in [7, 11) is 1.53. The summed E-state index contributed by atoms with van der Waals surface area (Å²) < 4.78 is 33.6. The van der Waals surface area contributed by atoms with Crippen molar-refractivity contribution in [1.29, 1.82) is 0 Å². The second kappa shape index (κ2) is 9.13. The molecule has 3 aromatic rings.